The molecule has 0 atom stereocenters. The van der Waals surface area contributed by atoms with Crippen LogP contribution in [0.1, 0.15) is 30.0 Å². The number of aryl methyl sites for hydroxylation is 2. The van der Waals surface area contributed by atoms with Crippen LogP contribution in [0.25, 0.3) is 0 Å². The number of hydrogen-bond acceptors (Lipinski definition) is 4. The Morgan fingerprint density at radius 2 is 1.62 bits per heavy atom. The second-order valence-electron chi connectivity index (χ2n) is 7.06. The number of carbonyl (C=O) groups excluding carboxylic acids is 2. The highest BCUT2D eigenvalue weighted by Gasteiger charge is 2.14. The van der Waals surface area contributed by atoms with Gasteiger partial charge in [0.05, 0.1) is 14.2 Å². The van der Waals surface area contributed by atoms with Crippen LogP contribution in [-0.2, 0) is 16.0 Å². The summed E-state index contributed by atoms with van der Waals surface area (Å²) in [6.07, 6.45) is 0.929. The van der Waals surface area contributed by atoms with Gasteiger partial charge in [0.1, 0.15) is 0 Å². The van der Waals surface area contributed by atoms with Crippen LogP contribution in [0.3, 0.4) is 0 Å². The summed E-state index contributed by atoms with van der Waals surface area (Å²) in [5.74, 6) is 1.19. The molecule has 0 unspecified atom stereocenters. The second-order valence-corrected chi connectivity index (χ2v) is 7.06. The van der Waals surface area contributed by atoms with E-state index in [1.807, 2.05) is 44.2 Å². The molecule has 0 aromatic heterocycles. The van der Waals surface area contributed by atoms with Crippen LogP contribution >= 0.6 is 0 Å². The fourth-order valence-electron chi connectivity index (χ4n) is 3.26. The Bertz CT molecular complexity index is 844. The number of nitrogens with one attached hydrogen (secondary N) is 1. The van der Waals surface area contributed by atoms with E-state index in [0.717, 1.165) is 22.4 Å². The lowest BCUT2D eigenvalue weighted by Crippen LogP contribution is -2.34. The standard InChI is InChI=1S/C23H30N2O4/c1-16-12-17(2)14-20(13-16)25(18(3)26)11-9-23(27)24-10-8-19-6-7-21(28-4)22(15-19)29-5/h6-7,12-15H,8-11H2,1-5H3,(H,24,27). The van der Waals surface area contributed by atoms with Gasteiger partial charge in [-0.15, -0.1) is 0 Å². The molecule has 156 valence electrons. The zero-order valence-electron chi connectivity index (χ0n) is 17.9. The predicted octanol–water partition coefficient (Wildman–Crippen LogP) is 3.42. The van der Waals surface area contributed by atoms with E-state index in [2.05, 4.69) is 11.4 Å². The third-order valence-electron chi connectivity index (χ3n) is 4.64. The van der Waals surface area contributed by atoms with E-state index in [1.54, 1.807) is 19.1 Å². The topological polar surface area (TPSA) is 67.9 Å². The largest absolute Gasteiger partial charge is 0.493 e. The van der Waals surface area contributed by atoms with Gasteiger partial charge in [0, 0.05) is 32.1 Å². The number of nitrogens with zero attached hydrogens (tertiary/aromatic N) is 1. The van der Waals surface area contributed by atoms with Crippen LogP contribution in [0.5, 0.6) is 11.5 Å². The van der Waals surface area contributed by atoms with Crippen molar-refractivity contribution in [2.75, 3.05) is 32.2 Å². The number of benzene rings is 2. The number of methoxy groups -OCH3 is 2. The van der Waals surface area contributed by atoms with Gasteiger partial charge in [-0.1, -0.05) is 12.1 Å². The summed E-state index contributed by atoms with van der Waals surface area (Å²) >= 11 is 0. The number of ether oxygens (including phenoxy) is 2. The van der Waals surface area contributed by atoms with Crippen LogP contribution in [0.2, 0.25) is 0 Å². The highest BCUT2D eigenvalue weighted by atomic mass is 16.5. The van der Waals surface area contributed by atoms with E-state index in [0.29, 0.717) is 31.0 Å². The fraction of sp³-hybridized carbons (Fsp3) is 0.391. The van der Waals surface area contributed by atoms with Gasteiger partial charge in [-0.05, 0) is 61.2 Å². The molecule has 29 heavy (non-hydrogen) atoms. The van der Waals surface area contributed by atoms with E-state index in [-0.39, 0.29) is 18.2 Å². The summed E-state index contributed by atoms with van der Waals surface area (Å²) in [5.41, 5.74) is 4.05. The third-order valence-corrected chi connectivity index (χ3v) is 4.64. The third kappa shape index (κ3) is 6.52. The van der Waals surface area contributed by atoms with Gasteiger partial charge < -0.3 is 19.7 Å². The van der Waals surface area contributed by atoms with Crippen molar-refractivity contribution in [2.45, 2.75) is 33.6 Å². The molecule has 0 aliphatic heterocycles. The number of anilines is 1. The summed E-state index contributed by atoms with van der Waals surface area (Å²) in [5, 5.41) is 2.92. The first-order valence-electron chi connectivity index (χ1n) is 9.68. The molecule has 0 fully saturated rings. The normalized spacial score (nSPS) is 10.4. The molecular formula is C23H30N2O4. The Hall–Kier alpha value is -3.02. The summed E-state index contributed by atoms with van der Waals surface area (Å²) < 4.78 is 10.5. The summed E-state index contributed by atoms with van der Waals surface area (Å²) in [7, 11) is 3.19. The van der Waals surface area contributed by atoms with Crippen molar-refractivity contribution in [1.29, 1.82) is 0 Å². The Balaban J connectivity index is 1.87. The molecule has 1 N–H and O–H groups in total. The Morgan fingerprint density at radius 1 is 0.966 bits per heavy atom. The molecule has 0 aliphatic rings. The van der Waals surface area contributed by atoms with Gasteiger partial charge in [-0.3, -0.25) is 9.59 Å². The van der Waals surface area contributed by atoms with E-state index >= 15 is 0 Å². The Labute approximate surface area is 172 Å². The minimum atomic E-state index is -0.0823. The maximum Gasteiger partial charge on any atom is 0.223 e. The average molecular weight is 399 g/mol. The van der Waals surface area contributed by atoms with Gasteiger partial charge in [0.25, 0.3) is 0 Å². The lowest BCUT2D eigenvalue weighted by atomic mass is 10.1. The van der Waals surface area contributed by atoms with Crippen molar-refractivity contribution in [2.24, 2.45) is 0 Å². The summed E-state index contributed by atoms with van der Waals surface area (Å²) in [4.78, 5) is 26.0. The van der Waals surface area contributed by atoms with Crippen LogP contribution in [0, 0.1) is 13.8 Å². The summed E-state index contributed by atoms with van der Waals surface area (Å²) in [6, 6.07) is 11.7. The molecular weight excluding hydrogens is 368 g/mol. The first kappa shape index (κ1) is 22.3. The van der Waals surface area contributed by atoms with Crippen LogP contribution in [-0.4, -0.2) is 39.1 Å². The number of hydrogen-bond donors (Lipinski definition) is 1. The highest BCUT2D eigenvalue weighted by Crippen LogP contribution is 2.27. The monoisotopic (exact) mass is 398 g/mol. The number of carbonyl (C=O) groups is 2. The zero-order valence-corrected chi connectivity index (χ0v) is 17.9. The second kappa shape index (κ2) is 10.5. The lowest BCUT2D eigenvalue weighted by Gasteiger charge is -2.22. The smallest absolute Gasteiger partial charge is 0.223 e. The van der Waals surface area contributed by atoms with Crippen LogP contribution in [0.4, 0.5) is 5.69 Å². The molecule has 2 amide bonds. The van der Waals surface area contributed by atoms with E-state index < -0.39 is 0 Å². The van der Waals surface area contributed by atoms with Gasteiger partial charge >= 0.3 is 0 Å². The van der Waals surface area contributed by atoms with Gasteiger partial charge in [0.2, 0.25) is 11.8 Å². The van der Waals surface area contributed by atoms with Crippen LogP contribution < -0.4 is 19.7 Å². The minimum absolute atomic E-state index is 0.0758. The van der Waals surface area contributed by atoms with Crippen molar-refractivity contribution in [3.63, 3.8) is 0 Å². The number of rotatable bonds is 9. The van der Waals surface area contributed by atoms with Crippen LogP contribution in [0.15, 0.2) is 36.4 Å². The maximum absolute atomic E-state index is 12.3. The van der Waals surface area contributed by atoms with E-state index in [9.17, 15) is 9.59 Å². The SMILES string of the molecule is COc1ccc(CCNC(=O)CCN(C(C)=O)c2cc(C)cc(C)c2)cc1OC. The molecule has 6 heteroatoms. The predicted molar refractivity (Wildman–Crippen MR) is 115 cm³/mol. The molecule has 0 aliphatic carbocycles. The van der Waals surface area contributed by atoms with Crippen molar-refractivity contribution >= 4 is 17.5 Å². The van der Waals surface area contributed by atoms with Crippen molar-refractivity contribution < 1.29 is 19.1 Å². The van der Waals surface area contributed by atoms with Crippen molar-refractivity contribution in [1.82, 2.24) is 5.32 Å². The van der Waals surface area contributed by atoms with E-state index in [4.69, 9.17) is 9.47 Å². The van der Waals surface area contributed by atoms with Gasteiger partial charge in [0.15, 0.2) is 11.5 Å². The molecule has 2 rings (SSSR count). The first-order valence-corrected chi connectivity index (χ1v) is 9.68. The molecule has 0 saturated heterocycles. The zero-order chi connectivity index (χ0) is 21.4. The first-order chi connectivity index (χ1) is 13.8. The lowest BCUT2D eigenvalue weighted by molar-refractivity contribution is -0.121. The minimum Gasteiger partial charge on any atom is -0.493 e. The molecule has 0 heterocycles. The molecule has 6 nitrogen and oxygen atoms in total. The summed E-state index contributed by atoms with van der Waals surface area (Å²) in [6.45, 7) is 6.37. The maximum atomic E-state index is 12.3. The molecule has 0 bridgehead atoms. The molecule has 0 spiro atoms. The quantitative estimate of drug-likeness (QED) is 0.703. The average Bonchev–Trinajstić information content (AvgIpc) is 2.67. The van der Waals surface area contributed by atoms with E-state index in [1.165, 1.54) is 6.92 Å². The van der Waals surface area contributed by atoms with Crippen molar-refractivity contribution in [3.05, 3.63) is 53.1 Å². The molecule has 0 saturated carbocycles. The Morgan fingerprint density at radius 3 is 2.21 bits per heavy atom. The number of amides is 2. The molecule has 2 aromatic carbocycles. The van der Waals surface area contributed by atoms with Crippen molar-refractivity contribution in [3.8, 4) is 11.5 Å². The van der Waals surface area contributed by atoms with Gasteiger partial charge in [-0.2, -0.15) is 0 Å². The van der Waals surface area contributed by atoms with Gasteiger partial charge in [-0.25, -0.2) is 0 Å². The molecule has 2 aromatic rings. The Kier molecular flexibility index (Phi) is 8.07. The fourth-order valence-corrected chi connectivity index (χ4v) is 3.26. The molecule has 0 radical (unpaired) electrons. The highest BCUT2D eigenvalue weighted by molar-refractivity contribution is 5.92.